The van der Waals surface area contributed by atoms with Crippen LogP contribution in [0.15, 0.2) is 48.5 Å². The lowest BCUT2D eigenvalue weighted by Crippen LogP contribution is -2.52. The molecule has 3 N–H and O–H groups in total. The minimum atomic E-state index is -0.910. The molecule has 2 aromatic carbocycles. The number of rotatable bonds is 6. The van der Waals surface area contributed by atoms with E-state index in [0.717, 1.165) is 62.3 Å². The molecule has 248 valence electrons. The third-order valence-electron chi connectivity index (χ3n) is 10.3. The van der Waals surface area contributed by atoms with E-state index in [-0.39, 0.29) is 18.0 Å². The summed E-state index contributed by atoms with van der Waals surface area (Å²) < 4.78 is 6.03. The predicted octanol–water partition coefficient (Wildman–Crippen LogP) is 3.50. The first kappa shape index (κ1) is 32.1. The van der Waals surface area contributed by atoms with Crippen molar-refractivity contribution < 1.29 is 19.1 Å². The summed E-state index contributed by atoms with van der Waals surface area (Å²) >= 11 is 0. The summed E-state index contributed by atoms with van der Waals surface area (Å²) in [6, 6.07) is 15.7. The number of nitrogens with one attached hydrogen (secondary N) is 1. The predicted molar refractivity (Wildman–Crippen MR) is 179 cm³/mol. The van der Waals surface area contributed by atoms with Crippen molar-refractivity contribution in [2.75, 3.05) is 77.0 Å². The second kappa shape index (κ2) is 14.7. The van der Waals surface area contributed by atoms with E-state index in [0.29, 0.717) is 63.7 Å². The van der Waals surface area contributed by atoms with Crippen LogP contribution in [-0.2, 0) is 22.4 Å². The fraction of sp³-hybridized carbons (Fsp3) is 0.571. The molecule has 11 heteroatoms. The largest absolute Gasteiger partial charge is 0.436 e. The summed E-state index contributed by atoms with van der Waals surface area (Å²) in [6.07, 6.45) is 4.07. The number of carbonyl (C=O) groups is 3. The molecule has 1 atom stereocenters. The van der Waals surface area contributed by atoms with Gasteiger partial charge in [0.1, 0.15) is 0 Å². The number of hydrogen-bond donors (Lipinski definition) is 2. The third kappa shape index (κ3) is 7.75. The van der Waals surface area contributed by atoms with Gasteiger partial charge in [0, 0.05) is 75.7 Å². The molecule has 4 heterocycles. The van der Waals surface area contributed by atoms with E-state index in [1.165, 1.54) is 6.42 Å². The van der Waals surface area contributed by atoms with Gasteiger partial charge in [-0.2, -0.15) is 0 Å². The topological polar surface area (TPSA) is 115 Å². The van der Waals surface area contributed by atoms with Gasteiger partial charge in [0.15, 0.2) is 6.10 Å². The van der Waals surface area contributed by atoms with Gasteiger partial charge in [0.05, 0.1) is 0 Å². The van der Waals surface area contributed by atoms with Gasteiger partial charge in [-0.15, -0.1) is 0 Å². The molecule has 0 saturated carbocycles. The number of urea groups is 1. The number of ether oxygens (including phenoxy) is 1. The number of carbonyl (C=O) groups excluding carboxylic acids is 3. The molecule has 3 saturated heterocycles. The average Bonchev–Trinajstić information content (AvgIpc) is 3.40. The highest BCUT2D eigenvalue weighted by Gasteiger charge is 2.36. The number of nitrogens with two attached hydrogens (primary N) is 1. The molecule has 6 rings (SSSR count). The zero-order valence-electron chi connectivity index (χ0n) is 27.1. The van der Waals surface area contributed by atoms with Gasteiger partial charge in [-0.05, 0) is 88.0 Å². The van der Waals surface area contributed by atoms with E-state index in [4.69, 9.17) is 10.5 Å². The zero-order chi connectivity index (χ0) is 32.0. The monoisotopic (exact) mass is 631 g/mol. The van der Waals surface area contributed by atoms with E-state index < -0.39 is 12.2 Å². The van der Waals surface area contributed by atoms with Gasteiger partial charge in [0.25, 0.3) is 5.91 Å². The molecule has 4 aliphatic rings. The lowest BCUT2D eigenvalue weighted by molar-refractivity contribution is -0.142. The summed E-state index contributed by atoms with van der Waals surface area (Å²) in [6.45, 7) is 7.30. The van der Waals surface area contributed by atoms with Gasteiger partial charge >= 0.3 is 12.1 Å². The molecular formula is C35H49N7O4. The summed E-state index contributed by atoms with van der Waals surface area (Å²) in [5.41, 5.74) is 9.46. The van der Waals surface area contributed by atoms with Crippen LogP contribution in [-0.4, -0.2) is 127 Å². The Morgan fingerprint density at radius 1 is 0.848 bits per heavy atom. The Kier molecular flexibility index (Phi) is 10.3. The molecule has 46 heavy (non-hydrogen) atoms. The maximum atomic E-state index is 13.9. The molecule has 0 aromatic heterocycles. The maximum Gasteiger partial charge on any atom is 0.410 e. The fourth-order valence-corrected chi connectivity index (χ4v) is 7.43. The Hall–Kier alpha value is -3.83. The first-order valence-corrected chi connectivity index (χ1v) is 17.0. The van der Waals surface area contributed by atoms with Crippen molar-refractivity contribution in [3.8, 4) is 0 Å². The highest BCUT2D eigenvalue weighted by molar-refractivity contribution is 5.91. The molecule has 11 nitrogen and oxygen atoms in total. The number of nitrogens with zero attached hydrogens (tertiary/aromatic N) is 5. The average molecular weight is 632 g/mol. The number of anilines is 2. The molecule has 2 aromatic rings. The Morgan fingerprint density at radius 3 is 2.30 bits per heavy atom. The van der Waals surface area contributed by atoms with E-state index in [9.17, 15) is 14.4 Å². The number of benzene rings is 2. The molecule has 0 spiro atoms. The van der Waals surface area contributed by atoms with Crippen LogP contribution in [0.1, 0.15) is 43.2 Å². The number of fused-ring (bicyclic) bond motifs is 1. The fourth-order valence-electron chi connectivity index (χ4n) is 7.43. The summed E-state index contributed by atoms with van der Waals surface area (Å²) in [7, 11) is 2.18. The van der Waals surface area contributed by atoms with Gasteiger partial charge < -0.3 is 35.4 Å². The molecule has 0 radical (unpaired) electrons. The van der Waals surface area contributed by atoms with Crippen LogP contribution in [0.5, 0.6) is 0 Å². The maximum absolute atomic E-state index is 13.9. The van der Waals surface area contributed by atoms with E-state index in [2.05, 4.69) is 28.2 Å². The lowest BCUT2D eigenvalue weighted by Gasteiger charge is -2.40. The van der Waals surface area contributed by atoms with Crippen molar-refractivity contribution in [2.24, 2.45) is 0 Å². The standard InChI is InChI=1S/C35H49N7O4/c1-38-16-4-17-39(24-23-38)29-12-18-40(19-13-29)33(43)32(25-26-7-9-28(36)10-8-26)46-35(45)41-20-14-30(15-21-41)42-22-11-27-5-2-3-6-31(27)37-34(42)44/h2-3,5-10,29-30,32H,4,11-25,36H2,1H3,(H,37,44)/t32-/m1/s1. The van der Waals surface area contributed by atoms with Crippen LogP contribution in [0.2, 0.25) is 0 Å². The second-order valence-corrected chi connectivity index (χ2v) is 13.3. The van der Waals surface area contributed by atoms with Crippen LogP contribution in [0.25, 0.3) is 0 Å². The second-order valence-electron chi connectivity index (χ2n) is 13.3. The minimum absolute atomic E-state index is 0.0384. The first-order chi connectivity index (χ1) is 22.3. The number of piperidine rings is 2. The number of likely N-dealkylation sites (tertiary alicyclic amines) is 2. The van der Waals surface area contributed by atoms with Gasteiger partial charge in [-0.25, -0.2) is 9.59 Å². The number of amides is 4. The SMILES string of the molecule is CN1CCCN(C2CCN(C(=O)[C@@H](Cc3ccc(N)cc3)OC(=O)N3CCC(N4CCc5ccccc5NC4=O)CC3)CC2)CC1. The Morgan fingerprint density at radius 2 is 1.54 bits per heavy atom. The summed E-state index contributed by atoms with van der Waals surface area (Å²) in [5.74, 6) is -0.130. The molecule has 4 amide bonds. The smallest absolute Gasteiger partial charge is 0.410 e. The number of likely N-dealkylation sites (N-methyl/N-ethyl adjacent to an activating group) is 1. The van der Waals surface area contributed by atoms with Crippen molar-refractivity contribution in [1.82, 2.24) is 24.5 Å². The number of hydrogen-bond acceptors (Lipinski definition) is 7. The minimum Gasteiger partial charge on any atom is -0.436 e. The van der Waals surface area contributed by atoms with Crippen molar-refractivity contribution in [1.29, 1.82) is 0 Å². The molecule has 0 unspecified atom stereocenters. The van der Waals surface area contributed by atoms with Crippen molar-refractivity contribution in [3.05, 3.63) is 59.7 Å². The number of nitrogen functional groups attached to an aromatic ring is 1. The molecule has 0 bridgehead atoms. The lowest BCUT2D eigenvalue weighted by atomic mass is 10.0. The van der Waals surface area contributed by atoms with Crippen LogP contribution in [0.4, 0.5) is 21.0 Å². The summed E-state index contributed by atoms with van der Waals surface area (Å²) in [4.78, 5) is 51.0. The van der Waals surface area contributed by atoms with Crippen LogP contribution in [0.3, 0.4) is 0 Å². The van der Waals surface area contributed by atoms with E-state index >= 15 is 0 Å². The van der Waals surface area contributed by atoms with Crippen LogP contribution < -0.4 is 11.1 Å². The van der Waals surface area contributed by atoms with Crippen LogP contribution in [0, 0.1) is 0 Å². The Bertz CT molecular complexity index is 1350. The quantitative estimate of drug-likeness (QED) is 0.469. The Balaban J connectivity index is 1.05. The van der Waals surface area contributed by atoms with E-state index in [1.54, 1.807) is 4.90 Å². The van der Waals surface area contributed by atoms with Gasteiger partial charge in [-0.1, -0.05) is 30.3 Å². The highest BCUT2D eigenvalue weighted by atomic mass is 16.6. The molecule has 4 aliphatic heterocycles. The summed E-state index contributed by atoms with van der Waals surface area (Å²) in [5, 5.41) is 3.05. The van der Waals surface area contributed by atoms with E-state index in [1.807, 2.05) is 52.3 Å². The first-order valence-electron chi connectivity index (χ1n) is 17.0. The normalized spacial score (nSPS) is 21.6. The van der Waals surface area contributed by atoms with Crippen molar-refractivity contribution in [2.45, 2.75) is 63.1 Å². The Labute approximate surface area is 272 Å². The van der Waals surface area contributed by atoms with Gasteiger partial charge in [-0.3, -0.25) is 9.69 Å². The molecular weight excluding hydrogens is 582 g/mol. The highest BCUT2D eigenvalue weighted by Crippen LogP contribution is 2.26. The molecule has 3 fully saturated rings. The zero-order valence-corrected chi connectivity index (χ0v) is 27.1. The van der Waals surface area contributed by atoms with Crippen molar-refractivity contribution >= 4 is 29.4 Å². The van der Waals surface area contributed by atoms with Crippen molar-refractivity contribution in [3.63, 3.8) is 0 Å². The number of para-hydroxylation sites is 1. The molecule has 0 aliphatic carbocycles. The van der Waals surface area contributed by atoms with Gasteiger partial charge in [0.2, 0.25) is 0 Å². The van der Waals surface area contributed by atoms with Crippen LogP contribution >= 0.6 is 0 Å². The third-order valence-corrected chi connectivity index (χ3v) is 10.3.